The number of rotatable bonds is 5. The zero-order chi connectivity index (χ0) is 16.4. The number of carbonyl (C=O) groups excluding carboxylic acids is 1. The van der Waals surface area contributed by atoms with Crippen molar-refractivity contribution in [3.05, 3.63) is 42.1 Å². The van der Waals surface area contributed by atoms with Crippen LogP contribution in [0.2, 0.25) is 0 Å². The lowest BCUT2D eigenvalue weighted by molar-refractivity contribution is -0.113. The van der Waals surface area contributed by atoms with Crippen molar-refractivity contribution < 1.29 is 9.21 Å². The summed E-state index contributed by atoms with van der Waals surface area (Å²) in [7, 11) is 0. The summed E-state index contributed by atoms with van der Waals surface area (Å²) in [6.07, 6.45) is 3.23. The van der Waals surface area contributed by atoms with Crippen molar-refractivity contribution in [2.45, 2.75) is 5.16 Å². The van der Waals surface area contributed by atoms with Gasteiger partial charge >= 0.3 is 0 Å². The van der Waals surface area contributed by atoms with E-state index in [1.165, 1.54) is 23.1 Å². The van der Waals surface area contributed by atoms with Crippen LogP contribution in [0, 0.1) is 0 Å². The number of fused-ring (bicyclic) bond motifs is 1. The van der Waals surface area contributed by atoms with Gasteiger partial charge in [-0.15, -0.1) is 21.5 Å². The first-order valence-corrected chi connectivity index (χ1v) is 8.74. The molecule has 10 heteroatoms. The number of nitrogens with zero attached hydrogens (tertiary/aromatic N) is 5. The van der Waals surface area contributed by atoms with Crippen LogP contribution >= 0.6 is 23.1 Å². The SMILES string of the molecule is O=C(CSc1nnc2ccc(-c3ccco3)nn12)Nc1nccs1. The molecule has 0 saturated carbocycles. The summed E-state index contributed by atoms with van der Waals surface area (Å²) in [5.74, 6) is 0.685. The molecule has 0 fully saturated rings. The lowest BCUT2D eigenvalue weighted by Gasteiger charge is -2.01. The van der Waals surface area contributed by atoms with Crippen molar-refractivity contribution in [3.63, 3.8) is 0 Å². The molecule has 1 N–H and O–H groups in total. The summed E-state index contributed by atoms with van der Waals surface area (Å²) in [6, 6.07) is 7.24. The van der Waals surface area contributed by atoms with Gasteiger partial charge in [0.1, 0.15) is 5.69 Å². The predicted molar refractivity (Wildman–Crippen MR) is 90.0 cm³/mol. The van der Waals surface area contributed by atoms with Gasteiger partial charge in [-0.1, -0.05) is 11.8 Å². The number of thiazole rings is 1. The molecule has 4 aromatic heterocycles. The van der Waals surface area contributed by atoms with Crippen molar-refractivity contribution in [1.82, 2.24) is 24.8 Å². The Bertz CT molecular complexity index is 965. The number of anilines is 1. The third-order valence-corrected chi connectivity index (χ3v) is 4.63. The Morgan fingerprint density at radius 1 is 1.33 bits per heavy atom. The van der Waals surface area contributed by atoms with E-state index in [1.807, 2.05) is 12.1 Å². The number of hydrogen-bond acceptors (Lipinski definition) is 8. The van der Waals surface area contributed by atoms with Crippen LogP contribution in [0.5, 0.6) is 0 Å². The quantitative estimate of drug-likeness (QED) is 0.547. The molecule has 0 radical (unpaired) electrons. The average Bonchev–Trinajstić information content (AvgIpc) is 3.34. The fourth-order valence-corrected chi connectivity index (χ4v) is 3.22. The summed E-state index contributed by atoms with van der Waals surface area (Å²) in [4.78, 5) is 15.9. The van der Waals surface area contributed by atoms with E-state index >= 15 is 0 Å². The number of furan rings is 1. The van der Waals surface area contributed by atoms with Gasteiger partial charge in [0.25, 0.3) is 0 Å². The highest BCUT2D eigenvalue weighted by Crippen LogP contribution is 2.21. The second kappa shape index (κ2) is 6.42. The van der Waals surface area contributed by atoms with Crippen LogP contribution in [0.3, 0.4) is 0 Å². The van der Waals surface area contributed by atoms with Crippen LogP contribution in [0.1, 0.15) is 0 Å². The molecule has 1 amide bonds. The maximum atomic E-state index is 11.9. The number of carbonyl (C=O) groups is 1. The third-order valence-electron chi connectivity index (χ3n) is 3.02. The van der Waals surface area contributed by atoms with E-state index in [4.69, 9.17) is 4.42 Å². The van der Waals surface area contributed by atoms with Gasteiger partial charge in [0, 0.05) is 11.6 Å². The van der Waals surface area contributed by atoms with E-state index in [2.05, 4.69) is 25.6 Å². The van der Waals surface area contributed by atoms with Gasteiger partial charge in [-0.05, 0) is 24.3 Å². The third kappa shape index (κ3) is 3.01. The standard InChI is InChI=1S/C14H10N6O2S2/c21-12(16-13-15-5-7-23-13)8-24-14-18-17-11-4-3-9(19-20(11)14)10-2-1-6-22-10/h1-7H,8H2,(H,15,16,21). The van der Waals surface area contributed by atoms with Crippen molar-refractivity contribution in [1.29, 1.82) is 0 Å². The van der Waals surface area contributed by atoms with E-state index < -0.39 is 0 Å². The van der Waals surface area contributed by atoms with Crippen LogP contribution in [0.25, 0.3) is 17.1 Å². The van der Waals surface area contributed by atoms with Gasteiger partial charge in [-0.3, -0.25) is 4.79 Å². The van der Waals surface area contributed by atoms with Gasteiger partial charge in [0.2, 0.25) is 11.1 Å². The van der Waals surface area contributed by atoms with Crippen LogP contribution in [0.4, 0.5) is 5.13 Å². The molecule has 24 heavy (non-hydrogen) atoms. The minimum atomic E-state index is -0.158. The highest BCUT2D eigenvalue weighted by atomic mass is 32.2. The number of thioether (sulfide) groups is 1. The van der Waals surface area contributed by atoms with Gasteiger partial charge in [-0.25, -0.2) is 4.98 Å². The van der Waals surface area contributed by atoms with Gasteiger partial charge in [0.05, 0.1) is 12.0 Å². The van der Waals surface area contributed by atoms with E-state index in [0.717, 1.165) is 0 Å². The summed E-state index contributed by atoms with van der Waals surface area (Å²) in [6.45, 7) is 0. The van der Waals surface area contributed by atoms with Crippen LogP contribution in [0.15, 0.2) is 51.7 Å². The molecular formula is C14H10N6O2S2. The largest absolute Gasteiger partial charge is 0.463 e. The molecule has 0 aliphatic heterocycles. The maximum absolute atomic E-state index is 11.9. The fourth-order valence-electron chi connectivity index (χ4n) is 1.99. The van der Waals surface area contributed by atoms with Gasteiger partial charge < -0.3 is 9.73 Å². The Labute approximate surface area is 143 Å². The molecule has 4 rings (SSSR count). The Kier molecular flexibility index (Phi) is 3.97. The van der Waals surface area contributed by atoms with E-state index in [1.54, 1.807) is 34.5 Å². The molecule has 0 bridgehead atoms. The Morgan fingerprint density at radius 3 is 3.08 bits per heavy atom. The number of amides is 1. The molecule has 4 aromatic rings. The fraction of sp³-hybridized carbons (Fsp3) is 0.0714. The topological polar surface area (TPSA) is 98.2 Å². The summed E-state index contributed by atoms with van der Waals surface area (Å²) >= 11 is 2.62. The molecule has 0 aromatic carbocycles. The first-order valence-electron chi connectivity index (χ1n) is 6.88. The van der Waals surface area contributed by atoms with Crippen molar-refractivity contribution >= 4 is 39.8 Å². The smallest absolute Gasteiger partial charge is 0.236 e. The molecule has 0 aliphatic rings. The highest BCUT2D eigenvalue weighted by Gasteiger charge is 2.13. The zero-order valence-corrected chi connectivity index (χ0v) is 13.8. The number of aromatic nitrogens is 5. The molecule has 0 saturated heterocycles. The molecule has 0 atom stereocenters. The van der Waals surface area contributed by atoms with Crippen molar-refractivity contribution in [2.75, 3.05) is 11.1 Å². The normalized spacial score (nSPS) is 11.0. The summed E-state index contributed by atoms with van der Waals surface area (Å²) in [5, 5.41) is 18.2. The lowest BCUT2D eigenvalue weighted by Crippen LogP contribution is -2.14. The molecule has 0 unspecified atom stereocenters. The highest BCUT2D eigenvalue weighted by molar-refractivity contribution is 7.99. The Morgan fingerprint density at radius 2 is 2.29 bits per heavy atom. The molecule has 0 aliphatic carbocycles. The minimum absolute atomic E-state index is 0.158. The number of nitrogens with one attached hydrogen (secondary N) is 1. The summed E-state index contributed by atoms with van der Waals surface area (Å²) < 4.78 is 6.94. The predicted octanol–water partition coefficient (Wildman–Crippen LogP) is 2.57. The van der Waals surface area contributed by atoms with E-state index in [0.29, 0.717) is 27.4 Å². The van der Waals surface area contributed by atoms with E-state index in [9.17, 15) is 4.79 Å². The average molecular weight is 358 g/mol. The molecule has 120 valence electrons. The molecule has 8 nitrogen and oxygen atoms in total. The maximum Gasteiger partial charge on any atom is 0.236 e. The monoisotopic (exact) mass is 358 g/mol. The zero-order valence-electron chi connectivity index (χ0n) is 12.1. The van der Waals surface area contributed by atoms with Gasteiger partial charge in [0.15, 0.2) is 16.5 Å². The second-order valence-electron chi connectivity index (χ2n) is 4.62. The summed E-state index contributed by atoms with van der Waals surface area (Å²) in [5.41, 5.74) is 1.27. The number of hydrogen-bond donors (Lipinski definition) is 1. The van der Waals surface area contributed by atoms with Crippen molar-refractivity contribution in [3.8, 4) is 11.5 Å². The minimum Gasteiger partial charge on any atom is -0.463 e. The first kappa shape index (κ1) is 14.8. The lowest BCUT2D eigenvalue weighted by atomic mass is 10.3. The van der Waals surface area contributed by atoms with Crippen LogP contribution in [-0.4, -0.2) is 36.5 Å². The van der Waals surface area contributed by atoms with Crippen molar-refractivity contribution in [2.24, 2.45) is 0 Å². The van der Waals surface area contributed by atoms with Gasteiger partial charge in [-0.2, -0.15) is 9.61 Å². The Balaban J connectivity index is 1.51. The molecule has 0 spiro atoms. The molecule has 4 heterocycles. The molecular weight excluding hydrogens is 348 g/mol. The van der Waals surface area contributed by atoms with Crippen LogP contribution in [-0.2, 0) is 4.79 Å². The second-order valence-corrected chi connectivity index (χ2v) is 6.46. The van der Waals surface area contributed by atoms with E-state index in [-0.39, 0.29) is 11.7 Å². The first-order chi connectivity index (χ1) is 11.8. The van der Waals surface area contributed by atoms with Crippen LogP contribution < -0.4 is 5.32 Å². The Hall–Kier alpha value is -2.72.